The number of nitrogens with one attached hydrogen (secondary N) is 2. The van der Waals surface area contributed by atoms with Crippen molar-refractivity contribution in [2.45, 2.75) is 25.8 Å². The summed E-state index contributed by atoms with van der Waals surface area (Å²) in [5.41, 5.74) is -0.958. The second-order valence-electron chi connectivity index (χ2n) is 4.71. The van der Waals surface area contributed by atoms with Crippen molar-refractivity contribution in [1.82, 2.24) is 15.5 Å². The molecule has 0 spiro atoms. The van der Waals surface area contributed by atoms with Gasteiger partial charge in [-0.15, -0.1) is 0 Å². The van der Waals surface area contributed by atoms with Crippen molar-refractivity contribution in [3.8, 4) is 0 Å². The molecule has 1 fully saturated rings. The number of nitrogens with zero attached hydrogens (tertiary/aromatic N) is 1. The number of carbonyl (C=O) groups is 4. The Kier molecular flexibility index (Phi) is 3.89. The van der Waals surface area contributed by atoms with Gasteiger partial charge in [0, 0.05) is 5.54 Å². The van der Waals surface area contributed by atoms with E-state index in [1.54, 1.807) is 13.8 Å². The summed E-state index contributed by atoms with van der Waals surface area (Å²) >= 11 is 0. The highest BCUT2D eigenvalue weighted by Gasteiger charge is 2.30. The van der Waals surface area contributed by atoms with Gasteiger partial charge in [0.2, 0.25) is 11.8 Å². The molecule has 18 heavy (non-hydrogen) atoms. The van der Waals surface area contributed by atoms with Crippen LogP contribution >= 0.6 is 0 Å². The molecule has 100 valence electrons. The average molecular weight is 257 g/mol. The lowest BCUT2D eigenvalue weighted by Gasteiger charge is -2.31. The van der Waals surface area contributed by atoms with E-state index >= 15 is 0 Å². The van der Waals surface area contributed by atoms with Crippen LogP contribution in [-0.4, -0.2) is 52.4 Å². The minimum Gasteiger partial charge on any atom is -0.481 e. The highest BCUT2D eigenvalue weighted by atomic mass is 16.4. The van der Waals surface area contributed by atoms with E-state index in [9.17, 15) is 19.2 Å². The number of carboxylic acid groups (broad SMARTS) is 1. The van der Waals surface area contributed by atoms with Gasteiger partial charge in [-0.3, -0.25) is 19.7 Å². The van der Waals surface area contributed by atoms with Gasteiger partial charge in [-0.05, 0) is 13.8 Å². The molecule has 1 heterocycles. The van der Waals surface area contributed by atoms with E-state index in [2.05, 4.69) is 10.6 Å². The van der Waals surface area contributed by atoms with Gasteiger partial charge in [0.25, 0.3) is 0 Å². The largest absolute Gasteiger partial charge is 0.481 e. The molecule has 0 unspecified atom stereocenters. The fraction of sp³-hybridized carbons (Fsp3) is 0.600. The molecule has 4 amide bonds. The van der Waals surface area contributed by atoms with Crippen LogP contribution in [0.25, 0.3) is 0 Å². The third-order valence-electron chi connectivity index (χ3n) is 2.27. The first-order valence-electron chi connectivity index (χ1n) is 5.31. The second-order valence-corrected chi connectivity index (χ2v) is 4.71. The Hall–Kier alpha value is -2.12. The molecule has 0 aromatic heterocycles. The van der Waals surface area contributed by atoms with Crippen LogP contribution in [0.2, 0.25) is 0 Å². The van der Waals surface area contributed by atoms with Crippen LogP contribution in [0.5, 0.6) is 0 Å². The Labute approximate surface area is 103 Å². The second kappa shape index (κ2) is 5.03. The summed E-state index contributed by atoms with van der Waals surface area (Å²) in [6.07, 6.45) is -0.257. The van der Waals surface area contributed by atoms with Gasteiger partial charge in [-0.25, -0.2) is 4.79 Å². The molecule has 1 aliphatic heterocycles. The highest BCUT2D eigenvalue weighted by Crippen LogP contribution is 2.09. The first-order chi connectivity index (χ1) is 8.19. The Morgan fingerprint density at radius 1 is 1.33 bits per heavy atom. The van der Waals surface area contributed by atoms with Crippen LogP contribution in [0.4, 0.5) is 4.79 Å². The Morgan fingerprint density at radius 3 is 2.28 bits per heavy atom. The molecule has 0 saturated carbocycles. The molecule has 1 rings (SSSR count). The van der Waals surface area contributed by atoms with Gasteiger partial charge < -0.3 is 15.3 Å². The number of hydrogen-bond acceptors (Lipinski definition) is 4. The average Bonchev–Trinajstić information content (AvgIpc) is 2.12. The van der Waals surface area contributed by atoms with Crippen molar-refractivity contribution in [1.29, 1.82) is 0 Å². The first kappa shape index (κ1) is 13.9. The zero-order valence-corrected chi connectivity index (χ0v) is 10.1. The molecule has 0 bridgehead atoms. The van der Waals surface area contributed by atoms with Crippen LogP contribution in [0.15, 0.2) is 0 Å². The third-order valence-corrected chi connectivity index (χ3v) is 2.27. The van der Waals surface area contributed by atoms with Gasteiger partial charge in [0.05, 0.1) is 6.42 Å². The van der Waals surface area contributed by atoms with Crippen LogP contribution in [0.3, 0.4) is 0 Å². The summed E-state index contributed by atoms with van der Waals surface area (Å²) in [6, 6.07) is -0.635. The van der Waals surface area contributed by atoms with Crippen molar-refractivity contribution >= 4 is 23.8 Å². The van der Waals surface area contributed by atoms with E-state index in [0.717, 1.165) is 4.90 Å². The topological polar surface area (TPSA) is 116 Å². The van der Waals surface area contributed by atoms with Crippen LogP contribution in [-0.2, 0) is 14.4 Å². The summed E-state index contributed by atoms with van der Waals surface area (Å²) < 4.78 is 0. The fourth-order valence-electron chi connectivity index (χ4n) is 1.57. The Morgan fingerprint density at radius 2 is 1.83 bits per heavy atom. The molecule has 3 N–H and O–H groups in total. The number of aliphatic carboxylic acids is 1. The van der Waals surface area contributed by atoms with Crippen LogP contribution in [0, 0.1) is 0 Å². The maximum absolute atomic E-state index is 11.8. The minimum absolute atomic E-state index is 0.222. The molecule has 0 atom stereocenters. The number of urea groups is 1. The number of imide groups is 1. The SMILES string of the molecule is CC(C)(CC(=O)O)NC(=O)N1CC(=O)NC(=O)C1. The lowest BCUT2D eigenvalue weighted by molar-refractivity contribution is -0.139. The van der Waals surface area contributed by atoms with E-state index in [-0.39, 0.29) is 19.5 Å². The van der Waals surface area contributed by atoms with Gasteiger partial charge in [0.1, 0.15) is 13.1 Å². The van der Waals surface area contributed by atoms with E-state index in [1.807, 2.05) is 0 Å². The smallest absolute Gasteiger partial charge is 0.318 e. The standard InChI is InChI=1S/C10H15N3O5/c1-10(2,3-8(16)17)12-9(18)13-4-6(14)11-7(15)5-13/h3-5H2,1-2H3,(H,12,18)(H,16,17)(H,11,14,15). The lowest BCUT2D eigenvalue weighted by Crippen LogP contribution is -2.58. The predicted octanol–water partition coefficient (Wildman–Crippen LogP) is -1.09. The van der Waals surface area contributed by atoms with E-state index in [0.29, 0.717) is 0 Å². The zero-order chi connectivity index (χ0) is 13.9. The van der Waals surface area contributed by atoms with Crippen molar-refractivity contribution in [3.63, 3.8) is 0 Å². The maximum atomic E-state index is 11.8. The molecule has 1 aliphatic rings. The van der Waals surface area contributed by atoms with E-state index < -0.39 is 29.4 Å². The van der Waals surface area contributed by atoms with Gasteiger partial charge in [0.15, 0.2) is 0 Å². The van der Waals surface area contributed by atoms with E-state index in [1.165, 1.54) is 0 Å². The zero-order valence-electron chi connectivity index (χ0n) is 10.1. The maximum Gasteiger partial charge on any atom is 0.318 e. The fourth-order valence-corrected chi connectivity index (χ4v) is 1.57. The molecule has 0 aliphatic carbocycles. The van der Waals surface area contributed by atoms with Gasteiger partial charge >= 0.3 is 12.0 Å². The van der Waals surface area contributed by atoms with Crippen molar-refractivity contribution < 1.29 is 24.3 Å². The molecule has 8 heteroatoms. The van der Waals surface area contributed by atoms with Crippen molar-refractivity contribution in [2.24, 2.45) is 0 Å². The number of piperazine rings is 1. The minimum atomic E-state index is -1.05. The molecular weight excluding hydrogens is 242 g/mol. The van der Waals surface area contributed by atoms with Crippen LogP contribution in [0.1, 0.15) is 20.3 Å². The monoisotopic (exact) mass is 257 g/mol. The summed E-state index contributed by atoms with van der Waals surface area (Å²) in [6.45, 7) is 2.65. The number of amides is 4. The molecule has 8 nitrogen and oxygen atoms in total. The highest BCUT2D eigenvalue weighted by molar-refractivity contribution is 6.02. The molecule has 0 aromatic carbocycles. The Balaban J connectivity index is 2.62. The molecular formula is C10H15N3O5. The van der Waals surface area contributed by atoms with Crippen LogP contribution < -0.4 is 10.6 Å². The number of carboxylic acids is 1. The van der Waals surface area contributed by atoms with E-state index in [4.69, 9.17) is 5.11 Å². The normalized spacial score (nSPS) is 16.2. The van der Waals surface area contributed by atoms with Gasteiger partial charge in [-0.1, -0.05) is 0 Å². The molecule has 0 aromatic rings. The Bertz CT molecular complexity index is 388. The quantitative estimate of drug-likeness (QED) is 0.555. The van der Waals surface area contributed by atoms with Crippen molar-refractivity contribution in [3.05, 3.63) is 0 Å². The predicted molar refractivity (Wildman–Crippen MR) is 59.6 cm³/mol. The van der Waals surface area contributed by atoms with Crippen molar-refractivity contribution in [2.75, 3.05) is 13.1 Å². The number of carbonyl (C=O) groups excluding carboxylic acids is 3. The molecule has 1 saturated heterocycles. The first-order valence-corrected chi connectivity index (χ1v) is 5.31. The summed E-state index contributed by atoms with van der Waals surface area (Å²) in [5.74, 6) is -2.16. The summed E-state index contributed by atoms with van der Waals surface area (Å²) in [4.78, 5) is 45.6. The summed E-state index contributed by atoms with van der Waals surface area (Å²) in [7, 11) is 0. The number of hydrogen-bond donors (Lipinski definition) is 3. The van der Waals surface area contributed by atoms with Gasteiger partial charge in [-0.2, -0.15) is 0 Å². The lowest BCUT2D eigenvalue weighted by atomic mass is 10.0. The number of rotatable bonds is 3. The summed E-state index contributed by atoms with van der Waals surface area (Å²) in [5, 5.41) is 13.2. The molecule has 0 radical (unpaired) electrons. The third kappa shape index (κ3) is 4.04.